The Labute approximate surface area is 159 Å². The molecule has 2 heterocycles. The van der Waals surface area contributed by atoms with Crippen LogP contribution >= 0.6 is 11.3 Å². The summed E-state index contributed by atoms with van der Waals surface area (Å²) >= 11 is 1.79. The number of para-hydroxylation sites is 1. The Kier molecular flexibility index (Phi) is 5.59. The van der Waals surface area contributed by atoms with E-state index in [1.165, 1.54) is 9.71 Å². The summed E-state index contributed by atoms with van der Waals surface area (Å²) in [6.07, 6.45) is 2.04. The van der Waals surface area contributed by atoms with Gasteiger partial charge >= 0.3 is 0 Å². The Balaban J connectivity index is 1.54. The van der Waals surface area contributed by atoms with E-state index in [4.69, 9.17) is 4.98 Å². The van der Waals surface area contributed by atoms with E-state index in [0.29, 0.717) is 12.5 Å². The Bertz CT molecular complexity index is 784. The molecule has 1 N–H and O–H groups in total. The van der Waals surface area contributed by atoms with Crippen molar-refractivity contribution in [2.24, 2.45) is 5.92 Å². The van der Waals surface area contributed by atoms with Gasteiger partial charge in [-0.25, -0.2) is 4.98 Å². The van der Waals surface area contributed by atoms with E-state index >= 15 is 0 Å². The number of aromatic nitrogens is 1. The number of nitriles is 1. The highest BCUT2D eigenvalue weighted by Crippen LogP contribution is 2.33. The van der Waals surface area contributed by atoms with Gasteiger partial charge in [0.05, 0.1) is 27.8 Å². The van der Waals surface area contributed by atoms with Crippen molar-refractivity contribution in [2.75, 3.05) is 19.6 Å². The minimum Gasteiger partial charge on any atom is -0.337 e. The first-order valence-corrected chi connectivity index (χ1v) is 10.0. The Morgan fingerprint density at radius 3 is 2.73 bits per heavy atom. The normalized spacial score (nSPS) is 18.6. The highest BCUT2D eigenvalue weighted by molar-refractivity contribution is 7.18. The Morgan fingerprint density at radius 2 is 2.12 bits per heavy atom. The molecule has 1 unspecified atom stereocenters. The monoisotopic (exact) mass is 370 g/mol. The lowest BCUT2D eigenvalue weighted by Crippen LogP contribution is -2.52. The van der Waals surface area contributed by atoms with Crippen LogP contribution < -0.4 is 5.32 Å². The van der Waals surface area contributed by atoms with E-state index in [2.05, 4.69) is 34.5 Å². The summed E-state index contributed by atoms with van der Waals surface area (Å²) < 4.78 is 1.24. The lowest BCUT2D eigenvalue weighted by atomic mass is 9.90. The van der Waals surface area contributed by atoms with E-state index in [9.17, 15) is 10.1 Å². The van der Waals surface area contributed by atoms with Crippen LogP contribution in [0, 0.1) is 17.2 Å². The molecular weight excluding hydrogens is 344 g/mol. The minimum atomic E-state index is -0.809. The number of rotatable bonds is 5. The quantitative estimate of drug-likeness (QED) is 0.874. The number of carbonyl (C=O) groups excluding carboxylic acids is 1. The largest absolute Gasteiger partial charge is 0.337 e. The summed E-state index contributed by atoms with van der Waals surface area (Å²) in [6, 6.07) is 10.5. The number of thiazole rings is 1. The van der Waals surface area contributed by atoms with Gasteiger partial charge < -0.3 is 5.32 Å². The number of hydrogen-bond acceptors (Lipinski definition) is 5. The number of nitrogens with zero attached hydrogens (tertiary/aromatic N) is 3. The molecule has 5 nitrogen and oxygen atoms in total. The van der Waals surface area contributed by atoms with Crippen LogP contribution in [0.15, 0.2) is 24.3 Å². The average Bonchev–Trinajstić information content (AvgIpc) is 3.06. The maximum absolute atomic E-state index is 12.3. The summed E-state index contributed by atoms with van der Waals surface area (Å²) in [7, 11) is 0. The molecule has 0 bridgehead atoms. The molecule has 1 aromatic heterocycles. The van der Waals surface area contributed by atoms with E-state index in [-0.39, 0.29) is 11.8 Å². The van der Waals surface area contributed by atoms with Crippen molar-refractivity contribution >= 4 is 27.5 Å². The molecule has 0 spiro atoms. The van der Waals surface area contributed by atoms with E-state index in [0.717, 1.165) is 31.4 Å². The van der Waals surface area contributed by atoms with Crippen LogP contribution in [-0.4, -0.2) is 41.0 Å². The number of likely N-dealkylation sites (tertiary alicyclic amines) is 1. The molecule has 1 saturated heterocycles. The van der Waals surface area contributed by atoms with Gasteiger partial charge in [0.2, 0.25) is 5.91 Å². The molecule has 26 heavy (non-hydrogen) atoms. The first-order chi connectivity index (χ1) is 12.4. The van der Waals surface area contributed by atoms with Gasteiger partial charge in [-0.05, 0) is 50.9 Å². The number of carbonyl (C=O) groups is 1. The first-order valence-electron chi connectivity index (χ1n) is 9.21. The van der Waals surface area contributed by atoms with Gasteiger partial charge in [0.15, 0.2) is 0 Å². The summed E-state index contributed by atoms with van der Waals surface area (Å²) in [5.74, 6) is 0.481. The third-order valence-corrected chi connectivity index (χ3v) is 6.60. The number of hydrogen-bond donors (Lipinski definition) is 1. The summed E-state index contributed by atoms with van der Waals surface area (Å²) in [5.41, 5.74) is 0.273. The fraction of sp³-hybridized carbons (Fsp3) is 0.550. The van der Waals surface area contributed by atoms with Crippen molar-refractivity contribution in [2.45, 2.75) is 45.1 Å². The van der Waals surface area contributed by atoms with Gasteiger partial charge in [-0.15, -0.1) is 11.3 Å². The van der Waals surface area contributed by atoms with Crippen molar-refractivity contribution in [3.8, 4) is 6.07 Å². The molecule has 1 fully saturated rings. The van der Waals surface area contributed by atoms with Crippen LogP contribution in [0.3, 0.4) is 0 Å². The van der Waals surface area contributed by atoms with Gasteiger partial charge in [0.1, 0.15) is 5.54 Å². The minimum absolute atomic E-state index is 0.0683. The van der Waals surface area contributed by atoms with E-state index < -0.39 is 5.54 Å². The molecule has 1 amide bonds. The maximum Gasteiger partial charge on any atom is 0.235 e. The maximum atomic E-state index is 12.3. The second kappa shape index (κ2) is 7.73. The second-order valence-corrected chi connectivity index (χ2v) is 8.65. The SMILES string of the molecule is CC(C)C(C)(C#N)NC(=O)CN1CCC(c2nc3ccccc3s2)CC1. The van der Waals surface area contributed by atoms with Gasteiger partial charge in [0.25, 0.3) is 0 Å². The summed E-state index contributed by atoms with van der Waals surface area (Å²) in [6.45, 7) is 7.82. The zero-order valence-electron chi connectivity index (χ0n) is 15.7. The highest BCUT2D eigenvalue weighted by Gasteiger charge is 2.31. The second-order valence-electron chi connectivity index (χ2n) is 7.59. The van der Waals surface area contributed by atoms with Crippen LogP contribution in [0.1, 0.15) is 44.5 Å². The molecule has 138 valence electrons. The first kappa shape index (κ1) is 18.8. The van der Waals surface area contributed by atoms with Crippen LogP contribution in [0.25, 0.3) is 10.2 Å². The highest BCUT2D eigenvalue weighted by atomic mass is 32.1. The molecular formula is C20H26N4OS. The Hall–Kier alpha value is -1.97. The van der Waals surface area contributed by atoms with Gasteiger partial charge in [-0.1, -0.05) is 26.0 Å². The zero-order valence-corrected chi connectivity index (χ0v) is 16.5. The summed E-state index contributed by atoms with van der Waals surface area (Å²) in [4.78, 5) is 19.3. The molecule has 2 aromatic rings. The molecule has 3 rings (SSSR count). The molecule has 0 radical (unpaired) electrons. The molecule has 0 aliphatic carbocycles. The van der Waals surface area contributed by atoms with E-state index in [1.54, 1.807) is 18.3 Å². The number of fused-ring (bicyclic) bond motifs is 1. The number of nitrogens with one attached hydrogen (secondary N) is 1. The fourth-order valence-electron chi connectivity index (χ4n) is 3.24. The fourth-order valence-corrected chi connectivity index (χ4v) is 4.37. The molecule has 1 aliphatic heterocycles. The van der Waals surface area contributed by atoms with Crippen LogP contribution in [0.4, 0.5) is 0 Å². The van der Waals surface area contributed by atoms with Crippen molar-refractivity contribution in [1.82, 2.24) is 15.2 Å². The van der Waals surface area contributed by atoms with Gasteiger partial charge in [-0.3, -0.25) is 9.69 Å². The van der Waals surface area contributed by atoms with Crippen molar-refractivity contribution in [3.63, 3.8) is 0 Å². The third kappa shape index (κ3) is 4.05. The molecule has 6 heteroatoms. The predicted octanol–water partition coefficient (Wildman–Crippen LogP) is 3.53. The molecule has 1 aromatic carbocycles. The number of amides is 1. The van der Waals surface area contributed by atoms with Crippen molar-refractivity contribution < 1.29 is 4.79 Å². The number of benzene rings is 1. The average molecular weight is 371 g/mol. The van der Waals surface area contributed by atoms with Gasteiger partial charge in [-0.2, -0.15) is 5.26 Å². The van der Waals surface area contributed by atoms with Crippen LogP contribution in [0.5, 0.6) is 0 Å². The lowest BCUT2D eigenvalue weighted by molar-refractivity contribution is -0.124. The lowest BCUT2D eigenvalue weighted by Gasteiger charge is -2.32. The standard InChI is InChI=1S/C20H26N4OS/c1-14(2)20(3,13-21)23-18(25)12-24-10-8-15(9-11-24)19-22-16-6-4-5-7-17(16)26-19/h4-7,14-15H,8-12H2,1-3H3,(H,23,25). The van der Waals surface area contributed by atoms with E-state index in [1.807, 2.05) is 19.9 Å². The molecule has 1 aliphatic rings. The molecule has 0 saturated carbocycles. The smallest absolute Gasteiger partial charge is 0.235 e. The molecule has 1 atom stereocenters. The Morgan fingerprint density at radius 1 is 1.42 bits per heavy atom. The summed E-state index contributed by atoms with van der Waals surface area (Å²) in [5, 5.41) is 13.5. The van der Waals surface area contributed by atoms with Crippen molar-refractivity contribution in [3.05, 3.63) is 29.3 Å². The van der Waals surface area contributed by atoms with Crippen LogP contribution in [-0.2, 0) is 4.79 Å². The zero-order chi connectivity index (χ0) is 18.7. The third-order valence-electron chi connectivity index (χ3n) is 5.40. The van der Waals surface area contributed by atoms with Gasteiger partial charge in [0, 0.05) is 5.92 Å². The number of piperidine rings is 1. The topological polar surface area (TPSA) is 69.0 Å². The predicted molar refractivity (Wildman–Crippen MR) is 105 cm³/mol. The van der Waals surface area contributed by atoms with Crippen LogP contribution in [0.2, 0.25) is 0 Å². The van der Waals surface area contributed by atoms with Crippen molar-refractivity contribution in [1.29, 1.82) is 5.26 Å².